The Balaban J connectivity index is 2.88. The predicted octanol–water partition coefficient (Wildman–Crippen LogP) is 0.449. The lowest BCUT2D eigenvalue weighted by molar-refractivity contribution is 0.281. The van der Waals surface area contributed by atoms with Gasteiger partial charge in [-0.05, 0) is 13.8 Å². The number of aryl methyl sites for hydroxylation is 1. The van der Waals surface area contributed by atoms with Gasteiger partial charge in [-0.3, -0.25) is 0 Å². The van der Waals surface area contributed by atoms with Gasteiger partial charge in [-0.1, -0.05) is 0 Å². The fourth-order valence-electron chi connectivity index (χ4n) is 0.997. The van der Waals surface area contributed by atoms with Crippen LogP contribution < -0.4 is 5.32 Å². The number of nitrogens with one attached hydrogen (secondary N) is 1. The number of hydrogen-bond donors (Lipinski definition) is 2. The van der Waals surface area contributed by atoms with Crippen LogP contribution in [-0.2, 0) is 0 Å². The molecule has 74 valence electrons. The van der Waals surface area contributed by atoms with Gasteiger partial charge in [0, 0.05) is 12.1 Å². The third-order valence-electron chi connectivity index (χ3n) is 1.62. The molecule has 0 aliphatic rings. The summed E-state index contributed by atoms with van der Waals surface area (Å²) in [5.41, 5.74) is 0.324. The van der Waals surface area contributed by atoms with E-state index in [4.69, 9.17) is 10.4 Å². The molecule has 0 bridgehead atoms. The highest BCUT2D eigenvalue weighted by atomic mass is 16.3. The molecule has 1 aromatic heterocycles. The SMILES string of the molecule is Cc1nc(C#N)cc(NC(C)CO)n1. The van der Waals surface area contributed by atoms with Crippen molar-refractivity contribution in [2.24, 2.45) is 0 Å². The summed E-state index contributed by atoms with van der Waals surface area (Å²) in [6.45, 7) is 3.56. The maximum absolute atomic E-state index is 8.82. The highest BCUT2D eigenvalue weighted by Gasteiger charge is 2.04. The number of aliphatic hydroxyl groups is 1. The largest absolute Gasteiger partial charge is 0.394 e. The first-order chi connectivity index (χ1) is 6.65. The van der Waals surface area contributed by atoms with Crippen molar-refractivity contribution in [1.29, 1.82) is 5.26 Å². The van der Waals surface area contributed by atoms with Gasteiger partial charge in [-0.2, -0.15) is 5.26 Å². The summed E-state index contributed by atoms with van der Waals surface area (Å²) in [5.74, 6) is 1.10. The molecule has 0 spiro atoms. The second kappa shape index (κ2) is 4.53. The molecule has 0 fully saturated rings. The summed E-state index contributed by atoms with van der Waals surface area (Å²) in [4.78, 5) is 8.00. The van der Waals surface area contributed by atoms with Gasteiger partial charge in [0.1, 0.15) is 23.4 Å². The van der Waals surface area contributed by atoms with Gasteiger partial charge in [0.15, 0.2) is 0 Å². The molecule has 0 amide bonds. The standard InChI is InChI=1S/C9H12N4O/c1-6(5-14)11-9-3-8(4-10)12-7(2)13-9/h3,6,14H,5H2,1-2H3,(H,11,12,13). The Bertz CT molecular complexity index is 358. The Labute approximate surface area is 82.4 Å². The van der Waals surface area contributed by atoms with Crippen LogP contribution >= 0.6 is 0 Å². The van der Waals surface area contributed by atoms with Gasteiger partial charge in [0.05, 0.1) is 6.61 Å². The molecule has 1 rings (SSSR count). The summed E-state index contributed by atoms with van der Waals surface area (Å²) < 4.78 is 0. The highest BCUT2D eigenvalue weighted by molar-refractivity contribution is 5.40. The Kier molecular flexibility index (Phi) is 3.37. The first-order valence-corrected chi connectivity index (χ1v) is 4.29. The van der Waals surface area contributed by atoms with Crippen molar-refractivity contribution >= 4 is 5.82 Å². The lowest BCUT2D eigenvalue weighted by Gasteiger charge is -2.11. The van der Waals surface area contributed by atoms with E-state index >= 15 is 0 Å². The average Bonchev–Trinajstić information content (AvgIpc) is 2.16. The third kappa shape index (κ3) is 2.68. The molecule has 5 heteroatoms. The monoisotopic (exact) mass is 192 g/mol. The van der Waals surface area contributed by atoms with Crippen LogP contribution in [0.15, 0.2) is 6.07 Å². The van der Waals surface area contributed by atoms with Crippen LogP contribution in [0.4, 0.5) is 5.82 Å². The summed E-state index contributed by atoms with van der Waals surface area (Å²) in [5, 5.41) is 20.4. The zero-order chi connectivity index (χ0) is 10.6. The molecule has 0 aromatic carbocycles. The zero-order valence-electron chi connectivity index (χ0n) is 8.15. The van der Waals surface area contributed by atoms with E-state index in [0.717, 1.165) is 0 Å². The van der Waals surface area contributed by atoms with Crippen LogP contribution in [0.25, 0.3) is 0 Å². The summed E-state index contributed by atoms with van der Waals surface area (Å²) in [6.07, 6.45) is 0. The van der Waals surface area contributed by atoms with Crippen LogP contribution in [0.5, 0.6) is 0 Å². The summed E-state index contributed by atoms with van der Waals surface area (Å²) in [7, 11) is 0. The molecular weight excluding hydrogens is 180 g/mol. The second-order valence-corrected chi connectivity index (χ2v) is 3.03. The van der Waals surface area contributed by atoms with E-state index < -0.39 is 0 Å². The minimum absolute atomic E-state index is 0.0188. The number of aliphatic hydroxyl groups excluding tert-OH is 1. The Morgan fingerprint density at radius 2 is 2.36 bits per heavy atom. The topological polar surface area (TPSA) is 81.8 Å². The smallest absolute Gasteiger partial charge is 0.146 e. The normalized spacial score (nSPS) is 11.9. The summed E-state index contributed by atoms with van der Waals surface area (Å²) in [6, 6.07) is 3.41. The van der Waals surface area contributed by atoms with Crippen LogP contribution in [0.3, 0.4) is 0 Å². The highest BCUT2D eigenvalue weighted by Crippen LogP contribution is 2.06. The fourth-order valence-corrected chi connectivity index (χ4v) is 0.997. The third-order valence-corrected chi connectivity index (χ3v) is 1.62. The van der Waals surface area contributed by atoms with E-state index in [9.17, 15) is 0 Å². The molecule has 1 atom stereocenters. The number of nitriles is 1. The quantitative estimate of drug-likeness (QED) is 0.726. The molecule has 5 nitrogen and oxygen atoms in total. The van der Waals surface area contributed by atoms with Crippen molar-refractivity contribution in [1.82, 2.24) is 9.97 Å². The van der Waals surface area contributed by atoms with E-state index in [1.807, 2.05) is 13.0 Å². The van der Waals surface area contributed by atoms with Gasteiger partial charge < -0.3 is 10.4 Å². The van der Waals surface area contributed by atoms with Crippen LogP contribution in [-0.4, -0.2) is 27.7 Å². The first kappa shape index (κ1) is 10.4. The van der Waals surface area contributed by atoms with Crippen LogP contribution in [0.1, 0.15) is 18.4 Å². The number of hydrogen-bond acceptors (Lipinski definition) is 5. The molecule has 0 aliphatic carbocycles. The van der Waals surface area contributed by atoms with Crippen LogP contribution in [0.2, 0.25) is 0 Å². The van der Waals surface area contributed by atoms with Crippen molar-refractivity contribution < 1.29 is 5.11 Å². The van der Waals surface area contributed by atoms with Gasteiger partial charge in [0.2, 0.25) is 0 Å². The number of aromatic nitrogens is 2. The Hall–Kier alpha value is -1.67. The molecular formula is C9H12N4O. The Morgan fingerprint density at radius 1 is 1.64 bits per heavy atom. The molecule has 1 heterocycles. The van der Waals surface area contributed by atoms with Crippen molar-refractivity contribution in [2.45, 2.75) is 19.9 Å². The minimum atomic E-state index is -0.0872. The van der Waals surface area contributed by atoms with Crippen molar-refractivity contribution in [3.05, 3.63) is 17.6 Å². The zero-order valence-corrected chi connectivity index (χ0v) is 8.15. The van der Waals surface area contributed by atoms with E-state index in [0.29, 0.717) is 17.3 Å². The van der Waals surface area contributed by atoms with E-state index in [2.05, 4.69) is 15.3 Å². The number of rotatable bonds is 3. The van der Waals surface area contributed by atoms with Crippen molar-refractivity contribution in [3.8, 4) is 6.07 Å². The predicted molar refractivity (Wildman–Crippen MR) is 51.7 cm³/mol. The lowest BCUT2D eigenvalue weighted by Crippen LogP contribution is -2.20. The number of anilines is 1. The van der Waals surface area contributed by atoms with E-state index in [1.165, 1.54) is 0 Å². The van der Waals surface area contributed by atoms with Crippen molar-refractivity contribution in [2.75, 3.05) is 11.9 Å². The van der Waals surface area contributed by atoms with Gasteiger partial charge in [-0.25, -0.2) is 9.97 Å². The maximum atomic E-state index is 8.82. The molecule has 0 saturated heterocycles. The molecule has 0 aliphatic heterocycles. The van der Waals surface area contributed by atoms with E-state index in [1.54, 1.807) is 13.0 Å². The van der Waals surface area contributed by atoms with E-state index in [-0.39, 0.29) is 12.6 Å². The average molecular weight is 192 g/mol. The Morgan fingerprint density at radius 3 is 2.93 bits per heavy atom. The van der Waals surface area contributed by atoms with Gasteiger partial charge >= 0.3 is 0 Å². The summed E-state index contributed by atoms with van der Waals surface area (Å²) >= 11 is 0. The fraction of sp³-hybridized carbons (Fsp3) is 0.444. The number of nitrogens with zero attached hydrogens (tertiary/aromatic N) is 3. The second-order valence-electron chi connectivity index (χ2n) is 3.03. The molecule has 2 N–H and O–H groups in total. The molecule has 0 radical (unpaired) electrons. The van der Waals surface area contributed by atoms with Gasteiger partial charge in [0.25, 0.3) is 0 Å². The first-order valence-electron chi connectivity index (χ1n) is 4.29. The lowest BCUT2D eigenvalue weighted by atomic mass is 10.3. The van der Waals surface area contributed by atoms with Crippen LogP contribution in [0, 0.1) is 18.3 Å². The molecule has 1 aromatic rings. The van der Waals surface area contributed by atoms with Crippen molar-refractivity contribution in [3.63, 3.8) is 0 Å². The van der Waals surface area contributed by atoms with Gasteiger partial charge in [-0.15, -0.1) is 0 Å². The molecule has 14 heavy (non-hydrogen) atoms. The molecule has 0 saturated carbocycles. The maximum Gasteiger partial charge on any atom is 0.146 e. The molecule has 1 unspecified atom stereocenters. The minimum Gasteiger partial charge on any atom is -0.394 e.